The number of nitrogens with one attached hydrogen (secondary N) is 1. The Morgan fingerprint density at radius 2 is 1.68 bits per heavy atom. The van der Waals surface area contributed by atoms with Crippen LogP contribution < -0.4 is 10.2 Å². The molecule has 9 heteroatoms. The molecule has 1 saturated heterocycles. The second-order valence-corrected chi connectivity index (χ2v) is 7.27. The van der Waals surface area contributed by atoms with Crippen LogP contribution in [-0.2, 0) is 11.0 Å². The molecule has 0 saturated carbocycles. The van der Waals surface area contributed by atoms with Gasteiger partial charge in [0.2, 0.25) is 5.91 Å². The van der Waals surface area contributed by atoms with E-state index in [9.17, 15) is 18.0 Å². The summed E-state index contributed by atoms with van der Waals surface area (Å²) in [5.74, 6) is -0.473. The van der Waals surface area contributed by atoms with Gasteiger partial charge in [-0.3, -0.25) is 9.69 Å². The molecule has 1 heterocycles. The maximum absolute atomic E-state index is 13.0. The number of carbonyl (C=O) groups is 1. The second-order valence-electron chi connectivity index (χ2n) is 6.45. The Bertz CT molecular complexity index is 853. The van der Waals surface area contributed by atoms with Gasteiger partial charge in [0.15, 0.2) is 0 Å². The first-order valence-corrected chi connectivity index (χ1v) is 9.38. The van der Waals surface area contributed by atoms with Crippen LogP contribution in [0.4, 0.5) is 24.5 Å². The molecule has 4 nitrogen and oxygen atoms in total. The van der Waals surface area contributed by atoms with Crippen molar-refractivity contribution in [3.63, 3.8) is 0 Å². The van der Waals surface area contributed by atoms with E-state index in [-0.39, 0.29) is 12.2 Å². The Hall–Kier alpha value is -1.96. The van der Waals surface area contributed by atoms with Crippen LogP contribution in [0.3, 0.4) is 0 Å². The number of hydrogen-bond acceptors (Lipinski definition) is 3. The normalized spacial score (nSPS) is 15.5. The van der Waals surface area contributed by atoms with Crippen molar-refractivity contribution in [2.45, 2.75) is 6.18 Å². The third-order valence-corrected chi connectivity index (χ3v) is 5.25. The number of carbonyl (C=O) groups excluding carboxylic acids is 1. The van der Waals surface area contributed by atoms with Gasteiger partial charge in [-0.1, -0.05) is 35.3 Å². The molecule has 0 radical (unpaired) electrons. The number of halogens is 5. The van der Waals surface area contributed by atoms with Crippen LogP contribution in [0.2, 0.25) is 10.0 Å². The SMILES string of the molecule is O=C(CN1CCN(c2ccc(Cl)c(Cl)c2)CC1)Nc1ccccc1C(F)(F)F. The van der Waals surface area contributed by atoms with Gasteiger partial charge in [0, 0.05) is 31.9 Å². The Labute approximate surface area is 170 Å². The number of hydrogen-bond donors (Lipinski definition) is 1. The van der Waals surface area contributed by atoms with Crippen LogP contribution in [0.1, 0.15) is 5.56 Å². The van der Waals surface area contributed by atoms with Gasteiger partial charge < -0.3 is 10.2 Å². The minimum Gasteiger partial charge on any atom is -0.369 e. The molecule has 0 bridgehead atoms. The summed E-state index contributed by atoms with van der Waals surface area (Å²) in [6.45, 7) is 2.58. The maximum atomic E-state index is 13.0. The summed E-state index contributed by atoms with van der Waals surface area (Å²) in [5, 5.41) is 3.34. The fourth-order valence-corrected chi connectivity index (χ4v) is 3.37. The first-order valence-electron chi connectivity index (χ1n) is 8.62. The molecule has 0 aliphatic carbocycles. The molecule has 1 aliphatic heterocycles. The summed E-state index contributed by atoms with van der Waals surface area (Å²) in [6, 6.07) is 10.4. The minimum atomic E-state index is -4.52. The summed E-state index contributed by atoms with van der Waals surface area (Å²) < 4.78 is 39.1. The van der Waals surface area contributed by atoms with Crippen molar-refractivity contribution in [2.24, 2.45) is 0 Å². The average Bonchev–Trinajstić information content (AvgIpc) is 2.64. The van der Waals surface area contributed by atoms with E-state index >= 15 is 0 Å². The molecule has 0 unspecified atom stereocenters. The van der Waals surface area contributed by atoms with Gasteiger partial charge in [0.05, 0.1) is 27.8 Å². The number of piperazine rings is 1. The summed E-state index contributed by atoms with van der Waals surface area (Å²) in [5.41, 5.74) is -0.139. The molecule has 0 aromatic heterocycles. The lowest BCUT2D eigenvalue weighted by molar-refractivity contribution is -0.137. The fraction of sp³-hybridized carbons (Fsp3) is 0.316. The zero-order valence-corrected chi connectivity index (χ0v) is 16.3. The van der Waals surface area contributed by atoms with E-state index in [0.29, 0.717) is 36.2 Å². The smallest absolute Gasteiger partial charge is 0.369 e. The van der Waals surface area contributed by atoms with E-state index in [1.54, 1.807) is 12.1 Å². The highest BCUT2D eigenvalue weighted by atomic mass is 35.5. The number of benzene rings is 2. The molecular formula is C19H18Cl2F3N3O. The predicted octanol–water partition coefficient (Wildman–Crippen LogP) is 4.77. The van der Waals surface area contributed by atoms with Gasteiger partial charge in [-0.05, 0) is 30.3 Å². The lowest BCUT2D eigenvalue weighted by atomic mass is 10.1. The van der Waals surface area contributed by atoms with E-state index in [1.165, 1.54) is 18.2 Å². The zero-order valence-electron chi connectivity index (χ0n) is 14.8. The van der Waals surface area contributed by atoms with Gasteiger partial charge in [0.25, 0.3) is 0 Å². The molecule has 3 rings (SSSR count). The zero-order chi connectivity index (χ0) is 20.3. The molecule has 1 aliphatic rings. The monoisotopic (exact) mass is 431 g/mol. The summed E-state index contributed by atoms with van der Waals surface area (Å²) in [6.07, 6.45) is -4.52. The minimum absolute atomic E-state index is 0.0292. The molecule has 0 atom stereocenters. The van der Waals surface area contributed by atoms with Crippen LogP contribution in [0, 0.1) is 0 Å². The van der Waals surface area contributed by atoms with Gasteiger partial charge in [-0.2, -0.15) is 13.2 Å². The van der Waals surface area contributed by atoms with Crippen LogP contribution in [0.25, 0.3) is 0 Å². The topological polar surface area (TPSA) is 35.6 Å². The average molecular weight is 432 g/mol. The van der Waals surface area contributed by atoms with Crippen molar-refractivity contribution in [1.82, 2.24) is 4.90 Å². The van der Waals surface area contributed by atoms with Crippen molar-refractivity contribution in [1.29, 1.82) is 0 Å². The van der Waals surface area contributed by atoms with Crippen LogP contribution in [0.15, 0.2) is 42.5 Å². The predicted molar refractivity (Wildman–Crippen MR) is 105 cm³/mol. The first kappa shape index (κ1) is 20.8. The molecule has 2 aromatic carbocycles. The van der Waals surface area contributed by atoms with Gasteiger partial charge >= 0.3 is 6.18 Å². The Morgan fingerprint density at radius 3 is 2.32 bits per heavy atom. The number of amides is 1. The third kappa shape index (κ3) is 5.10. The Kier molecular flexibility index (Phi) is 6.37. The van der Waals surface area contributed by atoms with E-state index in [2.05, 4.69) is 10.2 Å². The highest BCUT2D eigenvalue weighted by molar-refractivity contribution is 6.42. The van der Waals surface area contributed by atoms with E-state index < -0.39 is 17.6 Å². The lowest BCUT2D eigenvalue weighted by Gasteiger charge is -2.35. The molecule has 1 N–H and O–H groups in total. The fourth-order valence-electron chi connectivity index (χ4n) is 3.08. The highest BCUT2D eigenvalue weighted by Gasteiger charge is 2.33. The van der Waals surface area contributed by atoms with Crippen LogP contribution in [-0.4, -0.2) is 43.5 Å². The van der Waals surface area contributed by atoms with Crippen molar-refractivity contribution >= 4 is 40.5 Å². The molecule has 150 valence electrons. The summed E-state index contributed by atoms with van der Waals surface area (Å²) in [7, 11) is 0. The van der Waals surface area contributed by atoms with Crippen LogP contribution in [0.5, 0.6) is 0 Å². The number of para-hydroxylation sites is 1. The second kappa shape index (κ2) is 8.59. The van der Waals surface area contributed by atoms with Gasteiger partial charge in [-0.25, -0.2) is 0 Å². The molecule has 1 amide bonds. The number of nitrogens with zero attached hydrogens (tertiary/aromatic N) is 2. The molecular weight excluding hydrogens is 414 g/mol. The molecule has 2 aromatic rings. The number of anilines is 2. The first-order chi connectivity index (χ1) is 13.2. The maximum Gasteiger partial charge on any atom is 0.418 e. The van der Waals surface area contributed by atoms with Gasteiger partial charge in [0.1, 0.15) is 0 Å². The quantitative estimate of drug-likeness (QED) is 0.756. The Morgan fingerprint density at radius 1 is 1.00 bits per heavy atom. The summed E-state index contributed by atoms with van der Waals surface area (Å²) >= 11 is 12.0. The highest BCUT2D eigenvalue weighted by Crippen LogP contribution is 2.34. The van der Waals surface area contributed by atoms with Crippen molar-refractivity contribution in [3.8, 4) is 0 Å². The summed E-state index contributed by atoms with van der Waals surface area (Å²) in [4.78, 5) is 16.3. The Balaban J connectivity index is 1.55. The molecule has 1 fully saturated rings. The van der Waals surface area contributed by atoms with Gasteiger partial charge in [-0.15, -0.1) is 0 Å². The van der Waals surface area contributed by atoms with E-state index in [4.69, 9.17) is 23.2 Å². The number of alkyl halides is 3. The van der Waals surface area contributed by atoms with E-state index in [1.807, 2.05) is 11.0 Å². The van der Waals surface area contributed by atoms with Crippen LogP contribution >= 0.6 is 23.2 Å². The number of rotatable bonds is 4. The molecule has 28 heavy (non-hydrogen) atoms. The van der Waals surface area contributed by atoms with Crippen molar-refractivity contribution in [3.05, 3.63) is 58.1 Å². The lowest BCUT2D eigenvalue weighted by Crippen LogP contribution is -2.48. The van der Waals surface area contributed by atoms with Crippen molar-refractivity contribution < 1.29 is 18.0 Å². The standard InChI is InChI=1S/C19H18Cl2F3N3O/c20-15-6-5-13(11-16(15)21)27-9-7-26(8-10-27)12-18(28)25-17-4-2-1-3-14(17)19(22,23)24/h1-6,11H,7-10,12H2,(H,25,28). The van der Waals surface area contributed by atoms with E-state index in [0.717, 1.165) is 11.8 Å². The van der Waals surface area contributed by atoms with Crippen molar-refractivity contribution in [2.75, 3.05) is 42.9 Å². The third-order valence-electron chi connectivity index (χ3n) is 4.51. The molecule has 0 spiro atoms. The largest absolute Gasteiger partial charge is 0.418 e.